The van der Waals surface area contributed by atoms with E-state index in [1.165, 1.54) is 11.3 Å². The summed E-state index contributed by atoms with van der Waals surface area (Å²) in [5.74, 6) is 0.0243. The van der Waals surface area contributed by atoms with Crippen LogP contribution in [0, 0.1) is 20.8 Å². The van der Waals surface area contributed by atoms with Crippen LogP contribution in [0.3, 0.4) is 0 Å². The highest BCUT2D eigenvalue weighted by Crippen LogP contribution is 2.24. The maximum atomic E-state index is 12.3. The van der Waals surface area contributed by atoms with Crippen molar-refractivity contribution in [2.75, 3.05) is 0 Å². The number of aromatic nitrogens is 1. The van der Waals surface area contributed by atoms with Crippen LogP contribution in [0.5, 0.6) is 0 Å². The zero-order valence-electron chi connectivity index (χ0n) is 14.3. The molecule has 0 spiro atoms. The van der Waals surface area contributed by atoms with Crippen molar-refractivity contribution < 1.29 is 4.79 Å². The summed E-state index contributed by atoms with van der Waals surface area (Å²) in [6, 6.07) is 19.8. The fraction of sp³-hybridized carbons (Fsp3) is 0.136. The van der Waals surface area contributed by atoms with Crippen molar-refractivity contribution in [3.63, 3.8) is 0 Å². The number of aryl methyl sites for hydroxylation is 2. The Bertz CT molecular complexity index is 901. The standard InChI is InChI=1S/C22H21NO/c1-16-9-7-8-12-21(16)23-17(2)15-20(18(23)3)13-14-22(24)19-10-5-4-6-11-19/h4-15H,1-3H3/b14-13+. The second kappa shape index (κ2) is 6.71. The van der Waals surface area contributed by atoms with Gasteiger partial charge < -0.3 is 4.57 Å². The average Bonchev–Trinajstić information content (AvgIpc) is 2.88. The van der Waals surface area contributed by atoms with Crippen molar-refractivity contribution in [2.45, 2.75) is 20.8 Å². The summed E-state index contributed by atoms with van der Waals surface area (Å²) in [7, 11) is 0. The van der Waals surface area contributed by atoms with Crippen molar-refractivity contribution >= 4 is 11.9 Å². The Morgan fingerprint density at radius 1 is 0.917 bits per heavy atom. The molecule has 0 aliphatic rings. The molecule has 2 aromatic carbocycles. The van der Waals surface area contributed by atoms with Gasteiger partial charge in [0.15, 0.2) is 5.78 Å². The van der Waals surface area contributed by atoms with E-state index in [0.29, 0.717) is 5.56 Å². The van der Waals surface area contributed by atoms with Gasteiger partial charge in [0.05, 0.1) is 0 Å². The Labute approximate surface area is 143 Å². The van der Waals surface area contributed by atoms with E-state index >= 15 is 0 Å². The zero-order chi connectivity index (χ0) is 17.1. The minimum absolute atomic E-state index is 0.0243. The quantitative estimate of drug-likeness (QED) is 0.473. The number of benzene rings is 2. The molecular weight excluding hydrogens is 294 g/mol. The van der Waals surface area contributed by atoms with Gasteiger partial charge in [-0.05, 0) is 56.2 Å². The lowest BCUT2D eigenvalue weighted by molar-refractivity contribution is 0.104. The molecule has 0 radical (unpaired) electrons. The second-order valence-electron chi connectivity index (χ2n) is 6.01. The molecule has 0 atom stereocenters. The molecule has 0 aliphatic carbocycles. The molecule has 0 bridgehead atoms. The molecule has 0 saturated heterocycles. The van der Waals surface area contributed by atoms with E-state index in [1.807, 2.05) is 42.5 Å². The van der Waals surface area contributed by atoms with E-state index < -0.39 is 0 Å². The van der Waals surface area contributed by atoms with Crippen molar-refractivity contribution in [2.24, 2.45) is 0 Å². The number of hydrogen-bond acceptors (Lipinski definition) is 1. The van der Waals surface area contributed by atoms with Gasteiger partial charge in [-0.1, -0.05) is 48.5 Å². The molecule has 3 aromatic rings. The number of carbonyl (C=O) groups excluding carboxylic acids is 1. The highest BCUT2D eigenvalue weighted by molar-refractivity contribution is 6.06. The van der Waals surface area contributed by atoms with E-state index in [1.54, 1.807) is 6.08 Å². The maximum Gasteiger partial charge on any atom is 0.185 e. The van der Waals surface area contributed by atoms with Gasteiger partial charge in [0.1, 0.15) is 0 Å². The van der Waals surface area contributed by atoms with Gasteiger partial charge in [-0.2, -0.15) is 0 Å². The van der Waals surface area contributed by atoms with Crippen molar-refractivity contribution in [1.82, 2.24) is 4.57 Å². The van der Waals surface area contributed by atoms with E-state index in [9.17, 15) is 4.79 Å². The first-order valence-corrected chi connectivity index (χ1v) is 8.10. The largest absolute Gasteiger partial charge is 0.318 e. The SMILES string of the molecule is Cc1ccccc1-n1c(C)cc(/C=C/C(=O)c2ccccc2)c1C. The van der Waals surface area contributed by atoms with E-state index in [2.05, 4.69) is 49.6 Å². The molecule has 3 rings (SSSR count). The first-order valence-electron chi connectivity index (χ1n) is 8.10. The molecule has 2 nitrogen and oxygen atoms in total. The summed E-state index contributed by atoms with van der Waals surface area (Å²) < 4.78 is 2.24. The van der Waals surface area contributed by atoms with E-state index in [4.69, 9.17) is 0 Å². The number of hydrogen-bond donors (Lipinski definition) is 0. The Morgan fingerprint density at radius 3 is 2.29 bits per heavy atom. The molecule has 0 amide bonds. The molecule has 120 valence electrons. The van der Waals surface area contributed by atoms with Crippen LogP contribution in [0.2, 0.25) is 0 Å². The van der Waals surface area contributed by atoms with Gasteiger partial charge in [0.25, 0.3) is 0 Å². The van der Waals surface area contributed by atoms with E-state index in [-0.39, 0.29) is 5.78 Å². The summed E-state index contributed by atoms with van der Waals surface area (Å²) >= 11 is 0. The third-order valence-electron chi connectivity index (χ3n) is 4.30. The van der Waals surface area contributed by atoms with Crippen molar-refractivity contribution in [3.05, 3.63) is 94.8 Å². The van der Waals surface area contributed by atoms with Gasteiger partial charge >= 0.3 is 0 Å². The Hall–Kier alpha value is -2.87. The lowest BCUT2D eigenvalue weighted by atomic mass is 10.1. The highest BCUT2D eigenvalue weighted by atomic mass is 16.1. The Kier molecular flexibility index (Phi) is 4.48. The summed E-state index contributed by atoms with van der Waals surface area (Å²) in [5, 5.41) is 0. The molecule has 0 saturated carbocycles. The second-order valence-corrected chi connectivity index (χ2v) is 6.01. The van der Waals surface area contributed by atoms with Crippen LogP contribution in [-0.2, 0) is 0 Å². The Balaban J connectivity index is 1.94. The van der Waals surface area contributed by atoms with Crippen LogP contribution < -0.4 is 0 Å². The monoisotopic (exact) mass is 315 g/mol. The smallest absolute Gasteiger partial charge is 0.185 e. The molecule has 0 aliphatic heterocycles. The predicted molar refractivity (Wildman–Crippen MR) is 99.8 cm³/mol. The first kappa shape index (κ1) is 16.0. The first-order chi connectivity index (χ1) is 11.6. The average molecular weight is 315 g/mol. The Morgan fingerprint density at radius 2 is 1.58 bits per heavy atom. The van der Waals surface area contributed by atoms with Gasteiger partial charge in [0.2, 0.25) is 0 Å². The van der Waals surface area contributed by atoms with Crippen LogP contribution in [0.4, 0.5) is 0 Å². The molecule has 1 heterocycles. The highest BCUT2D eigenvalue weighted by Gasteiger charge is 2.10. The van der Waals surface area contributed by atoms with Crippen LogP contribution in [0.25, 0.3) is 11.8 Å². The molecule has 0 unspecified atom stereocenters. The lowest BCUT2D eigenvalue weighted by Crippen LogP contribution is -2.01. The van der Waals surface area contributed by atoms with Gasteiger partial charge in [0, 0.05) is 22.6 Å². The molecule has 0 N–H and O–H groups in total. The number of para-hydroxylation sites is 1. The van der Waals surface area contributed by atoms with Crippen LogP contribution in [0.15, 0.2) is 66.7 Å². The molecule has 0 fully saturated rings. The molecule has 1 aromatic heterocycles. The summed E-state index contributed by atoms with van der Waals surface area (Å²) in [5.41, 5.74) is 6.49. The number of nitrogens with zero attached hydrogens (tertiary/aromatic N) is 1. The normalized spacial score (nSPS) is 11.1. The summed E-state index contributed by atoms with van der Waals surface area (Å²) in [6.07, 6.45) is 3.56. The summed E-state index contributed by atoms with van der Waals surface area (Å²) in [4.78, 5) is 12.3. The lowest BCUT2D eigenvalue weighted by Gasteiger charge is -2.12. The fourth-order valence-electron chi connectivity index (χ4n) is 3.01. The van der Waals surface area contributed by atoms with Gasteiger partial charge in [-0.15, -0.1) is 0 Å². The third-order valence-corrected chi connectivity index (χ3v) is 4.30. The van der Waals surface area contributed by atoms with E-state index in [0.717, 1.165) is 17.0 Å². The predicted octanol–water partition coefficient (Wildman–Crippen LogP) is 5.30. The van der Waals surface area contributed by atoms with Crippen LogP contribution in [0.1, 0.15) is 32.9 Å². The minimum atomic E-state index is 0.0243. The van der Waals surface area contributed by atoms with Gasteiger partial charge in [-0.3, -0.25) is 4.79 Å². The number of rotatable bonds is 4. The van der Waals surface area contributed by atoms with Gasteiger partial charge in [-0.25, -0.2) is 0 Å². The maximum absolute atomic E-state index is 12.3. The topological polar surface area (TPSA) is 22.0 Å². The molecule has 2 heteroatoms. The van der Waals surface area contributed by atoms with Crippen molar-refractivity contribution in [1.29, 1.82) is 0 Å². The molecule has 24 heavy (non-hydrogen) atoms. The number of ketones is 1. The van der Waals surface area contributed by atoms with Crippen LogP contribution in [-0.4, -0.2) is 10.4 Å². The van der Waals surface area contributed by atoms with Crippen LogP contribution >= 0.6 is 0 Å². The fourth-order valence-corrected chi connectivity index (χ4v) is 3.01. The number of carbonyl (C=O) groups is 1. The number of allylic oxidation sites excluding steroid dienone is 1. The summed E-state index contributed by atoms with van der Waals surface area (Å²) in [6.45, 7) is 6.30. The molecular formula is C22H21NO. The third kappa shape index (κ3) is 3.09. The zero-order valence-corrected chi connectivity index (χ0v) is 14.3. The minimum Gasteiger partial charge on any atom is -0.318 e. The van der Waals surface area contributed by atoms with Crippen molar-refractivity contribution in [3.8, 4) is 5.69 Å².